The molecule has 134 valence electrons. The van der Waals surface area contributed by atoms with Crippen LogP contribution in [-0.2, 0) is 10.0 Å². The summed E-state index contributed by atoms with van der Waals surface area (Å²) in [7, 11) is -3.51. The van der Waals surface area contributed by atoms with Crippen LogP contribution < -0.4 is 5.32 Å². The first-order valence-corrected chi connectivity index (χ1v) is 10.5. The van der Waals surface area contributed by atoms with E-state index in [0.29, 0.717) is 22.8 Å². The van der Waals surface area contributed by atoms with E-state index >= 15 is 0 Å². The van der Waals surface area contributed by atoms with Gasteiger partial charge >= 0.3 is 0 Å². The van der Waals surface area contributed by atoms with Gasteiger partial charge in [0, 0.05) is 23.7 Å². The van der Waals surface area contributed by atoms with E-state index in [1.807, 2.05) is 32.0 Å². The van der Waals surface area contributed by atoms with Crippen molar-refractivity contribution in [3.63, 3.8) is 0 Å². The molecule has 0 atom stereocenters. The van der Waals surface area contributed by atoms with Gasteiger partial charge < -0.3 is 5.32 Å². The minimum atomic E-state index is -3.51. The van der Waals surface area contributed by atoms with Crippen LogP contribution in [-0.4, -0.2) is 31.7 Å². The third kappa shape index (κ3) is 3.63. The van der Waals surface area contributed by atoms with E-state index in [4.69, 9.17) is 0 Å². The Bertz CT molecular complexity index is 910. The van der Waals surface area contributed by atoms with Gasteiger partial charge in [0.1, 0.15) is 0 Å². The second-order valence-corrected chi connectivity index (χ2v) is 9.58. The lowest BCUT2D eigenvalue weighted by atomic mass is 10.1. The van der Waals surface area contributed by atoms with Gasteiger partial charge in [0.25, 0.3) is 5.91 Å². The molecule has 1 aliphatic rings. The number of rotatable bonds is 4. The quantitative estimate of drug-likeness (QED) is 0.882. The fourth-order valence-electron chi connectivity index (χ4n) is 2.96. The predicted octanol–water partition coefficient (Wildman–Crippen LogP) is 3.71. The van der Waals surface area contributed by atoms with Gasteiger partial charge in [-0.2, -0.15) is 4.31 Å². The first-order valence-electron chi connectivity index (χ1n) is 8.28. The molecular weight excluding hydrogens is 356 g/mol. The van der Waals surface area contributed by atoms with E-state index in [9.17, 15) is 13.2 Å². The number of aryl methyl sites for hydroxylation is 3. The molecule has 1 aliphatic heterocycles. The molecule has 25 heavy (non-hydrogen) atoms. The summed E-state index contributed by atoms with van der Waals surface area (Å²) in [6.45, 7) is 6.76. The van der Waals surface area contributed by atoms with E-state index < -0.39 is 10.0 Å². The Morgan fingerprint density at radius 3 is 2.48 bits per heavy atom. The monoisotopic (exact) mass is 378 g/mol. The Labute approximate surface area is 152 Å². The number of benzene rings is 1. The van der Waals surface area contributed by atoms with Gasteiger partial charge in [0.15, 0.2) is 0 Å². The standard InChI is InChI=1S/C18H22N2O3S2/c1-12-6-7-13(2)15(10-12)19-18(21)16-11-17(14(3)24-16)25(22,23)20-8-4-5-9-20/h6-7,10-11H,4-5,8-9H2,1-3H3,(H,19,21). The van der Waals surface area contributed by atoms with Crippen LogP contribution in [0.2, 0.25) is 0 Å². The summed E-state index contributed by atoms with van der Waals surface area (Å²) < 4.78 is 27.0. The summed E-state index contributed by atoms with van der Waals surface area (Å²) in [4.78, 5) is 13.9. The van der Waals surface area contributed by atoms with Crippen molar-refractivity contribution in [2.45, 2.75) is 38.5 Å². The zero-order valence-electron chi connectivity index (χ0n) is 14.6. The Hall–Kier alpha value is -1.70. The van der Waals surface area contributed by atoms with E-state index in [2.05, 4.69) is 5.32 Å². The molecule has 2 aromatic rings. The topological polar surface area (TPSA) is 66.5 Å². The molecule has 2 heterocycles. The van der Waals surface area contributed by atoms with Gasteiger partial charge in [-0.15, -0.1) is 11.3 Å². The number of sulfonamides is 1. The molecule has 0 unspecified atom stereocenters. The summed E-state index contributed by atoms with van der Waals surface area (Å²) in [5.41, 5.74) is 2.78. The van der Waals surface area contributed by atoms with Gasteiger partial charge in [-0.05, 0) is 56.9 Å². The number of hydrogen-bond donors (Lipinski definition) is 1. The third-order valence-corrected chi connectivity index (χ3v) is 7.62. The Morgan fingerprint density at radius 2 is 1.80 bits per heavy atom. The van der Waals surface area contributed by atoms with Crippen molar-refractivity contribution in [1.29, 1.82) is 0 Å². The van der Waals surface area contributed by atoms with Crippen molar-refractivity contribution >= 4 is 33.0 Å². The van der Waals surface area contributed by atoms with E-state index in [0.717, 1.165) is 29.7 Å². The number of nitrogens with zero attached hydrogens (tertiary/aromatic N) is 1. The molecule has 0 radical (unpaired) electrons. The van der Waals surface area contributed by atoms with E-state index in [1.54, 1.807) is 6.92 Å². The molecule has 3 rings (SSSR count). The second-order valence-electron chi connectivity index (χ2n) is 6.41. The van der Waals surface area contributed by atoms with Gasteiger partial charge in [-0.3, -0.25) is 4.79 Å². The van der Waals surface area contributed by atoms with Crippen molar-refractivity contribution in [2.24, 2.45) is 0 Å². The van der Waals surface area contributed by atoms with Crippen molar-refractivity contribution in [1.82, 2.24) is 4.31 Å². The molecule has 5 nitrogen and oxygen atoms in total. The minimum absolute atomic E-state index is 0.255. The molecule has 1 N–H and O–H groups in total. The van der Waals surface area contributed by atoms with Crippen LogP contribution in [0.1, 0.15) is 38.5 Å². The molecule has 1 aromatic carbocycles. The summed E-state index contributed by atoms with van der Waals surface area (Å²) in [6.07, 6.45) is 1.78. The Kier molecular flexibility index (Phi) is 4.99. The van der Waals surface area contributed by atoms with E-state index in [-0.39, 0.29) is 10.8 Å². The maximum Gasteiger partial charge on any atom is 0.265 e. The van der Waals surface area contributed by atoms with Crippen molar-refractivity contribution < 1.29 is 13.2 Å². The number of hydrogen-bond acceptors (Lipinski definition) is 4. The predicted molar refractivity (Wildman–Crippen MR) is 101 cm³/mol. The smallest absolute Gasteiger partial charge is 0.265 e. The lowest BCUT2D eigenvalue weighted by Crippen LogP contribution is -2.28. The number of carbonyl (C=O) groups excluding carboxylic acids is 1. The number of anilines is 1. The fourth-order valence-corrected chi connectivity index (χ4v) is 5.93. The molecule has 0 bridgehead atoms. The Morgan fingerprint density at radius 1 is 1.12 bits per heavy atom. The average Bonchev–Trinajstić information content (AvgIpc) is 3.20. The summed E-state index contributed by atoms with van der Waals surface area (Å²) in [6, 6.07) is 7.36. The van der Waals surface area contributed by atoms with Crippen LogP contribution in [0.5, 0.6) is 0 Å². The zero-order valence-corrected chi connectivity index (χ0v) is 16.3. The van der Waals surface area contributed by atoms with Crippen LogP contribution in [0.25, 0.3) is 0 Å². The maximum atomic E-state index is 12.7. The number of carbonyl (C=O) groups is 1. The molecule has 0 aliphatic carbocycles. The summed E-state index contributed by atoms with van der Waals surface area (Å²) in [5, 5.41) is 2.89. The number of nitrogens with one attached hydrogen (secondary N) is 1. The second kappa shape index (κ2) is 6.90. The largest absolute Gasteiger partial charge is 0.321 e. The first kappa shape index (κ1) is 18.1. The zero-order chi connectivity index (χ0) is 18.2. The van der Waals surface area contributed by atoms with Crippen molar-refractivity contribution in [3.05, 3.63) is 45.1 Å². The normalized spacial score (nSPS) is 15.5. The van der Waals surface area contributed by atoms with E-state index in [1.165, 1.54) is 21.7 Å². The molecule has 0 spiro atoms. The molecule has 7 heteroatoms. The Balaban J connectivity index is 1.86. The van der Waals surface area contributed by atoms with Crippen molar-refractivity contribution in [3.8, 4) is 0 Å². The van der Waals surface area contributed by atoms with Crippen LogP contribution in [0, 0.1) is 20.8 Å². The van der Waals surface area contributed by atoms with Crippen LogP contribution >= 0.6 is 11.3 Å². The number of thiophene rings is 1. The van der Waals surface area contributed by atoms with Crippen LogP contribution in [0.15, 0.2) is 29.2 Å². The molecule has 1 amide bonds. The number of amides is 1. The fraction of sp³-hybridized carbons (Fsp3) is 0.389. The highest BCUT2D eigenvalue weighted by Gasteiger charge is 2.30. The van der Waals surface area contributed by atoms with Crippen LogP contribution in [0.3, 0.4) is 0 Å². The summed E-state index contributed by atoms with van der Waals surface area (Å²) >= 11 is 1.22. The first-order chi connectivity index (χ1) is 11.8. The third-order valence-electron chi connectivity index (χ3n) is 4.42. The van der Waals surface area contributed by atoms with Gasteiger partial charge in [-0.1, -0.05) is 12.1 Å². The molecule has 0 saturated carbocycles. The summed E-state index contributed by atoms with van der Waals surface area (Å²) in [5.74, 6) is -0.273. The highest BCUT2D eigenvalue weighted by atomic mass is 32.2. The highest BCUT2D eigenvalue weighted by Crippen LogP contribution is 2.30. The SMILES string of the molecule is Cc1ccc(C)c(NC(=O)c2cc(S(=O)(=O)N3CCCC3)c(C)s2)c1. The van der Waals surface area contributed by atoms with Crippen molar-refractivity contribution in [2.75, 3.05) is 18.4 Å². The van der Waals surface area contributed by atoms with Gasteiger partial charge in [0.2, 0.25) is 10.0 Å². The van der Waals surface area contributed by atoms with Gasteiger partial charge in [-0.25, -0.2) is 8.42 Å². The lowest BCUT2D eigenvalue weighted by Gasteiger charge is -2.14. The molecule has 1 aromatic heterocycles. The maximum absolute atomic E-state index is 12.7. The van der Waals surface area contributed by atoms with Crippen LogP contribution in [0.4, 0.5) is 5.69 Å². The molecule has 1 fully saturated rings. The molecular formula is C18H22N2O3S2. The lowest BCUT2D eigenvalue weighted by molar-refractivity contribution is 0.103. The highest BCUT2D eigenvalue weighted by molar-refractivity contribution is 7.89. The molecule has 1 saturated heterocycles. The van der Waals surface area contributed by atoms with Gasteiger partial charge in [0.05, 0.1) is 9.77 Å². The minimum Gasteiger partial charge on any atom is -0.321 e. The average molecular weight is 379 g/mol.